The van der Waals surface area contributed by atoms with E-state index in [1.165, 1.54) is 0 Å². The number of urea groups is 1. The minimum Gasteiger partial charge on any atom is -0.481 e. The van der Waals surface area contributed by atoms with Crippen LogP contribution in [0.4, 0.5) is 4.79 Å². The lowest BCUT2D eigenvalue weighted by Crippen LogP contribution is -2.42. The molecule has 5 nitrogen and oxygen atoms in total. The van der Waals surface area contributed by atoms with Gasteiger partial charge in [-0.2, -0.15) is 0 Å². The number of hydrogen-bond donors (Lipinski definition) is 2. The Hall–Kier alpha value is -2.04. The average molecular weight is 292 g/mol. The summed E-state index contributed by atoms with van der Waals surface area (Å²) in [5.74, 6) is -0.929. The van der Waals surface area contributed by atoms with Gasteiger partial charge in [-0.1, -0.05) is 44.2 Å². The lowest BCUT2D eigenvalue weighted by atomic mass is 10.0. The number of aliphatic carboxylic acids is 1. The highest BCUT2D eigenvalue weighted by Gasteiger charge is 2.20. The second-order valence-electron chi connectivity index (χ2n) is 5.00. The first-order valence-corrected chi connectivity index (χ1v) is 7.40. The Morgan fingerprint density at radius 2 is 1.71 bits per heavy atom. The summed E-state index contributed by atoms with van der Waals surface area (Å²) in [7, 11) is 0. The number of carbonyl (C=O) groups is 2. The van der Waals surface area contributed by atoms with E-state index in [4.69, 9.17) is 5.11 Å². The average Bonchev–Trinajstić information content (AvgIpc) is 2.46. The summed E-state index contributed by atoms with van der Waals surface area (Å²) in [6, 6.07) is 8.50. The molecule has 1 atom stereocenters. The fourth-order valence-electron chi connectivity index (χ4n) is 2.21. The Bertz CT molecular complexity index is 442. The number of carboxylic acid groups (broad SMARTS) is 1. The molecule has 1 unspecified atom stereocenters. The highest BCUT2D eigenvalue weighted by Crippen LogP contribution is 2.17. The highest BCUT2D eigenvalue weighted by molar-refractivity contribution is 5.76. The Balaban J connectivity index is 2.80. The van der Waals surface area contributed by atoms with Crippen molar-refractivity contribution in [2.75, 3.05) is 13.1 Å². The predicted molar refractivity (Wildman–Crippen MR) is 82.1 cm³/mol. The van der Waals surface area contributed by atoms with E-state index in [0.717, 1.165) is 18.4 Å². The van der Waals surface area contributed by atoms with Crippen molar-refractivity contribution in [2.45, 2.75) is 39.2 Å². The summed E-state index contributed by atoms with van der Waals surface area (Å²) in [6.07, 6.45) is 1.63. The third-order valence-corrected chi connectivity index (χ3v) is 3.15. The van der Waals surface area contributed by atoms with Gasteiger partial charge in [-0.3, -0.25) is 4.79 Å². The molecule has 0 radical (unpaired) electrons. The summed E-state index contributed by atoms with van der Waals surface area (Å²) in [5.41, 5.74) is 0.807. The standard InChI is InChI=1S/C16H24N2O3/c1-3-10-18(11-4-2)16(21)17-14(12-15(19)20)13-8-6-5-7-9-13/h5-9,14H,3-4,10-12H2,1-2H3,(H,17,21)(H,19,20). The molecule has 0 spiro atoms. The van der Waals surface area contributed by atoms with E-state index in [0.29, 0.717) is 13.1 Å². The number of amides is 2. The number of hydrogen-bond acceptors (Lipinski definition) is 2. The van der Waals surface area contributed by atoms with Crippen molar-refractivity contribution in [3.8, 4) is 0 Å². The molecule has 0 aliphatic carbocycles. The zero-order valence-corrected chi connectivity index (χ0v) is 12.7. The molecular weight excluding hydrogens is 268 g/mol. The van der Waals surface area contributed by atoms with Crippen LogP contribution in [0.25, 0.3) is 0 Å². The second-order valence-corrected chi connectivity index (χ2v) is 5.00. The molecular formula is C16H24N2O3. The zero-order valence-electron chi connectivity index (χ0n) is 12.7. The van der Waals surface area contributed by atoms with Gasteiger partial charge in [0.05, 0.1) is 12.5 Å². The summed E-state index contributed by atoms with van der Waals surface area (Å²) >= 11 is 0. The highest BCUT2D eigenvalue weighted by atomic mass is 16.4. The molecule has 0 aliphatic heterocycles. The van der Waals surface area contributed by atoms with Crippen LogP contribution in [-0.2, 0) is 4.79 Å². The molecule has 0 heterocycles. The number of nitrogens with one attached hydrogen (secondary N) is 1. The summed E-state index contributed by atoms with van der Waals surface area (Å²) in [6.45, 7) is 5.38. The maximum Gasteiger partial charge on any atom is 0.317 e. The molecule has 1 aromatic rings. The summed E-state index contributed by atoms with van der Waals surface area (Å²) < 4.78 is 0. The molecule has 0 saturated carbocycles. The molecule has 2 N–H and O–H groups in total. The van der Waals surface area contributed by atoms with Gasteiger partial charge in [-0.15, -0.1) is 0 Å². The Morgan fingerprint density at radius 1 is 1.14 bits per heavy atom. The summed E-state index contributed by atoms with van der Waals surface area (Å²) in [5, 5.41) is 11.9. The molecule has 0 bridgehead atoms. The first-order chi connectivity index (χ1) is 10.1. The molecule has 1 rings (SSSR count). The SMILES string of the molecule is CCCN(CCC)C(=O)NC(CC(=O)O)c1ccccc1. The van der Waals surface area contributed by atoms with Crippen molar-refractivity contribution in [1.29, 1.82) is 0 Å². The van der Waals surface area contributed by atoms with Crippen LogP contribution in [0.15, 0.2) is 30.3 Å². The molecule has 0 fully saturated rings. The quantitative estimate of drug-likeness (QED) is 0.773. The maximum absolute atomic E-state index is 12.3. The summed E-state index contributed by atoms with van der Waals surface area (Å²) in [4.78, 5) is 25.1. The molecule has 2 amide bonds. The van der Waals surface area contributed by atoms with Crippen molar-refractivity contribution < 1.29 is 14.7 Å². The topological polar surface area (TPSA) is 69.6 Å². The van der Waals surface area contributed by atoms with Crippen LogP contribution in [0, 0.1) is 0 Å². The van der Waals surface area contributed by atoms with E-state index in [1.807, 2.05) is 44.2 Å². The normalized spacial score (nSPS) is 11.7. The monoisotopic (exact) mass is 292 g/mol. The third-order valence-electron chi connectivity index (χ3n) is 3.15. The Morgan fingerprint density at radius 3 is 2.19 bits per heavy atom. The van der Waals surface area contributed by atoms with Crippen LogP contribution in [-0.4, -0.2) is 35.1 Å². The van der Waals surface area contributed by atoms with Crippen LogP contribution in [0.1, 0.15) is 44.7 Å². The molecule has 0 saturated heterocycles. The van der Waals surface area contributed by atoms with Crippen LogP contribution >= 0.6 is 0 Å². The Labute approximate surface area is 126 Å². The first kappa shape index (κ1) is 17.0. The van der Waals surface area contributed by atoms with E-state index in [-0.39, 0.29) is 12.5 Å². The zero-order chi connectivity index (χ0) is 15.7. The van der Waals surface area contributed by atoms with Gasteiger partial charge in [0.25, 0.3) is 0 Å². The molecule has 5 heteroatoms. The lowest BCUT2D eigenvalue weighted by molar-refractivity contribution is -0.137. The molecule has 0 aliphatic rings. The van der Waals surface area contributed by atoms with E-state index < -0.39 is 12.0 Å². The van der Waals surface area contributed by atoms with Crippen molar-refractivity contribution in [3.05, 3.63) is 35.9 Å². The molecule has 1 aromatic carbocycles. The molecule has 116 valence electrons. The first-order valence-electron chi connectivity index (χ1n) is 7.40. The van der Waals surface area contributed by atoms with E-state index in [1.54, 1.807) is 4.90 Å². The predicted octanol–water partition coefficient (Wildman–Crippen LogP) is 3.03. The van der Waals surface area contributed by atoms with Crippen molar-refractivity contribution in [3.63, 3.8) is 0 Å². The van der Waals surface area contributed by atoms with Gasteiger partial charge in [0, 0.05) is 13.1 Å². The fraction of sp³-hybridized carbons (Fsp3) is 0.500. The fourth-order valence-corrected chi connectivity index (χ4v) is 2.21. The van der Waals surface area contributed by atoms with E-state index >= 15 is 0 Å². The van der Waals surface area contributed by atoms with Gasteiger partial charge in [0.15, 0.2) is 0 Å². The van der Waals surface area contributed by atoms with Gasteiger partial charge < -0.3 is 15.3 Å². The minimum absolute atomic E-state index is 0.123. The van der Waals surface area contributed by atoms with Gasteiger partial charge in [0.1, 0.15) is 0 Å². The minimum atomic E-state index is -0.929. The van der Waals surface area contributed by atoms with Crippen LogP contribution < -0.4 is 5.32 Å². The molecule has 21 heavy (non-hydrogen) atoms. The van der Waals surface area contributed by atoms with Crippen molar-refractivity contribution in [2.24, 2.45) is 0 Å². The number of benzene rings is 1. The van der Waals surface area contributed by atoms with E-state index in [2.05, 4.69) is 5.32 Å². The van der Waals surface area contributed by atoms with Crippen LogP contribution in [0.2, 0.25) is 0 Å². The van der Waals surface area contributed by atoms with Crippen molar-refractivity contribution in [1.82, 2.24) is 10.2 Å². The smallest absolute Gasteiger partial charge is 0.317 e. The Kier molecular flexibility index (Phi) is 7.29. The van der Waals surface area contributed by atoms with Gasteiger partial charge in [-0.05, 0) is 18.4 Å². The lowest BCUT2D eigenvalue weighted by Gasteiger charge is -2.25. The van der Waals surface area contributed by atoms with E-state index in [9.17, 15) is 9.59 Å². The number of nitrogens with zero attached hydrogens (tertiary/aromatic N) is 1. The number of rotatable bonds is 8. The third kappa shape index (κ3) is 5.85. The van der Waals surface area contributed by atoms with Crippen LogP contribution in [0.3, 0.4) is 0 Å². The number of carboxylic acids is 1. The number of carbonyl (C=O) groups excluding carboxylic acids is 1. The second kappa shape index (κ2) is 9.00. The maximum atomic E-state index is 12.3. The molecule has 0 aromatic heterocycles. The largest absolute Gasteiger partial charge is 0.481 e. The van der Waals surface area contributed by atoms with Gasteiger partial charge >= 0.3 is 12.0 Å². The van der Waals surface area contributed by atoms with Gasteiger partial charge in [-0.25, -0.2) is 4.79 Å². The van der Waals surface area contributed by atoms with Gasteiger partial charge in [0.2, 0.25) is 0 Å². The van der Waals surface area contributed by atoms with Crippen molar-refractivity contribution >= 4 is 12.0 Å². The van der Waals surface area contributed by atoms with Crippen LogP contribution in [0.5, 0.6) is 0 Å².